The molecule has 5 nitrogen and oxygen atoms in total. The van der Waals surface area contributed by atoms with E-state index in [2.05, 4.69) is 81.5 Å². The van der Waals surface area contributed by atoms with Crippen LogP contribution >= 0.6 is 39.9 Å². The predicted octanol–water partition coefficient (Wildman–Crippen LogP) is 3.29. The normalized spacial score (nSPS) is 20.9. The van der Waals surface area contributed by atoms with E-state index in [1.54, 1.807) is 0 Å². The van der Waals surface area contributed by atoms with Crippen molar-refractivity contribution in [2.45, 2.75) is 38.1 Å². The molecule has 0 spiro atoms. The first kappa shape index (κ1) is 23.9. The molecule has 1 saturated heterocycles. The maximum absolute atomic E-state index is 4.94. The summed E-state index contributed by atoms with van der Waals surface area (Å²) in [7, 11) is 2.20. The zero-order chi connectivity index (χ0) is 19.3. The van der Waals surface area contributed by atoms with E-state index in [0.717, 1.165) is 51.8 Å². The zero-order valence-corrected chi connectivity index (χ0v) is 21.3. The molecular formula is C21H35BrIN5. The van der Waals surface area contributed by atoms with Crippen LogP contribution in [0.2, 0.25) is 0 Å². The van der Waals surface area contributed by atoms with Gasteiger partial charge in [-0.25, -0.2) is 0 Å². The highest BCUT2D eigenvalue weighted by Gasteiger charge is 2.45. The average molecular weight is 564 g/mol. The van der Waals surface area contributed by atoms with Gasteiger partial charge in [0.2, 0.25) is 0 Å². The number of hydrogen-bond donors (Lipinski definition) is 2. The maximum atomic E-state index is 4.94. The first-order valence-corrected chi connectivity index (χ1v) is 11.0. The van der Waals surface area contributed by atoms with Crippen LogP contribution < -0.4 is 10.6 Å². The Kier molecular flexibility index (Phi) is 9.50. The van der Waals surface area contributed by atoms with Gasteiger partial charge in [-0.15, -0.1) is 24.0 Å². The van der Waals surface area contributed by atoms with Gasteiger partial charge in [0.1, 0.15) is 0 Å². The number of guanidine groups is 1. The van der Waals surface area contributed by atoms with E-state index in [0.29, 0.717) is 6.04 Å². The number of halogens is 2. The minimum Gasteiger partial charge on any atom is -0.357 e. The SMILES string of the molecule is CCNC(=NCC1(c2ccccc2Br)CC1)NCC(C)N1CCN(C)CC1.I. The van der Waals surface area contributed by atoms with Gasteiger partial charge in [-0.05, 0) is 45.4 Å². The molecule has 158 valence electrons. The molecule has 1 aliphatic heterocycles. The zero-order valence-electron chi connectivity index (χ0n) is 17.4. The molecule has 7 heteroatoms. The topological polar surface area (TPSA) is 42.9 Å². The summed E-state index contributed by atoms with van der Waals surface area (Å²) in [6.45, 7) is 11.7. The Morgan fingerprint density at radius 1 is 1.18 bits per heavy atom. The van der Waals surface area contributed by atoms with Gasteiger partial charge >= 0.3 is 0 Å². The molecule has 0 bridgehead atoms. The van der Waals surface area contributed by atoms with Crippen LogP contribution in [0.5, 0.6) is 0 Å². The summed E-state index contributed by atoms with van der Waals surface area (Å²) < 4.78 is 1.21. The Labute approximate surface area is 195 Å². The number of nitrogens with zero attached hydrogens (tertiary/aromatic N) is 3. The molecular weight excluding hydrogens is 529 g/mol. The lowest BCUT2D eigenvalue weighted by atomic mass is 9.96. The summed E-state index contributed by atoms with van der Waals surface area (Å²) in [5.41, 5.74) is 1.61. The Morgan fingerprint density at radius 2 is 1.86 bits per heavy atom. The monoisotopic (exact) mass is 563 g/mol. The average Bonchev–Trinajstić information content (AvgIpc) is 3.45. The lowest BCUT2D eigenvalue weighted by molar-refractivity contribution is 0.120. The van der Waals surface area contributed by atoms with E-state index in [1.165, 1.54) is 22.9 Å². The van der Waals surface area contributed by atoms with Gasteiger partial charge in [0, 0.05) is 55.2 Å². The van der Waals surface area contributed by atoms with Gasteiger partial charge in [0.25, 0.3) is 0 Å². The molecule has 1 aromatic rings. The molecule has 0 aromatic heterocycles. The molecule has 1 heterocycles. The standard InChI is InChI=1S/C21H34BrN5.HI/c1-4-23-20(24-15-17(2)27-13-11-26(3)12-14-27)25-16-21(9-10-21)18-7-5-6-8-19(18)22;/h5-8,17H,4,9-16H2,1-3H3,(H2,23,24,25);1H. The Bertz CT molecular complexity index is 641. The van der Waals surface area contributed by atoms with Crippen molar-refractivity contribution in [2.75, 3.05) is 52.9 Å². The summed E-state index contributed by atoms with van der Waals surface area (Å²) in [5, 5.41) is 6.98. The number of hydrogen-bond acceptors (Lipinski definition) is 3. The van der Waals surface area contributed by atoms with Crippen LogP contribution in [-0.2, 0) is 5.41 Å². The van der Waals surface area contributed by atoms with Gasteiger partial charge < -0.3 is 15.5 Å². The van der Waals surface area contributed by atoms with Gasteiger partial charge in [0.15, 0.2) is 5.96 Å². The molecule has 1 aromatic carbocycles. The fourth-order valence-electron chi connectivity index (χ4n) is 3.76. The number of likely N-dealkylation sites (N-methyl/N-ethyl adjacent to an activating group) is 1. The molecule has 1 aliphatic carbocycles. The Hall–Kier alpha value is -0.380. The molecule has 2 fully saturated rings. The second kappa shape index (κ2) is 11.1. The van der Waals surface area contributed by atoms with Gasteiger partial charge in [-0.3, -0.25) is 9.89 Å². The largest absolute Gasteiger partial charge is 0.357 e. The highest BCUT2D eigenvalue weighted by atomic mass is 127. The molecule has 2 aliphatic rings. The second-order valence-corrected chi connectivity index (χ2v) is 8.88. The molecule has 1 atom stereocenters. The van der Waals surface area contributed by atoms with Crippen LogP contribution in [0.15, 0.2) is 33.7 Å². The van der Waals surface area contributed by atoms with Crippen molar-refractivity contribution in [3.8, 4) is 0 Å². The fourth-order valence-corrected chi connectivity index (χ4v) is 4.47. The number of piperazine rings is 1. The summed E-state index contributed by atoms with van der Waals surface area (Å²) in [5.74, 6) is 0.941. The fraction of sp³-hybridized carbons (Fsp3) is 0.667. The van der Waals surface area contributed by atoms with E-state index in [-0.39, 0.29) is 29.4 Å². The quantitative estimate of drug-likeness (QED) is 0.303. The molecule has 1 saturated carbocycles. The van der Waals surface area contributed by atoms with Crippen LogP contribution in [0.3, 0.4) is 0 Å². The maximum Gasteiger partial charge on any atom is 0.191 e. The van der Waals surface area contributed by atoms with Crippen LogP contribution in [0, 0.1) is 0 Å². The summed E-state index contributed by atoms with van der Waals surface area (Å²) in [4.78, 5) is 9.91. The Balaban J connectivity index is 0.00000280. The highest BCUT2D eigenvalue weighted by Crippen LogP contribution is 2.50. The number of rotatable bonds is 7. The van der Waals surface area contributed by atoms with Crippen LogP contribution in [0.25, 0.3) is 0 Å². The van der Waals surface area contributed by atoms with Crippen molar-refractivity contribution in [3.63, 3.8) is 0 Å². The van der Waals surface area contributed by atoms with E-state index >= 15 is 0 Å². The van der Waals surface area contributed by atoms with E-state index in [1.807, 2.05) is 0 Å². The molecule has 0 amide bonds. The van der Waals surface area contributed by atoms with Gasteiger partial charge in [-0.1, -0.05) is 34.1 Å². The second-order valence-electron chi connectivity index (χ2n) is 8.02. The lowest BCUT2D eigenvalue weighted by Gasteiger charge is -2.36. The lowest BCUT2D eigenvalue weighted by Crippen LogP contribution is -2.52. The number of benzene rings is 1. The van der Waals surface area contributed by atoms with E-state index in [9.17, 15) is 0 Å². The third-order valence-electron chi connectivity index (χ3n) is 5.91. The minimum absolute atomic E-state index is 0. The van der Waals surface area contributed by atoms with Crippen molar-refractivity contribution < 1.29 is 0 Å². The van der Waals surface area contributed by atoms with Gasteiger partial charge in [-0.2, -0.15) is 0 Å². The van der Waals surface area contributed by atoms with E-state index < -0.39 is 0 Å². The van der Waals surface area contributed by atoms with Crippen molar-refractivity contribution in [1.82, 2.24) is 20.4 Å². The molecule has 1 unspecified atom stereocenters. The third kappa shape index (κ3) is 6.31. The summed E-state index contributed by atoms with van der Waals surface area (Å²) >= 11 is 3.72. The first-order valence-electron chi connectivity index (χ1n) is 10.2. The molecule has 28 heavy (non-hydrogen) atoms. The van der Waals surface area contributed by atoms with Crippen molar-refractivity contribution in [1.29, 1.82) is 0 Å². The Morgan fingerprint density at radius 3 is 2.46 bits per heavy atom. The van der Waals surface area contributed by atoms with Crippen molar-refractivity contribution >= 4 is 45.9 Å². The van der Waals surface area contributed by atoms with Crippen LogP contribution in [0.4, 0.5) is 0 Å². The highest BCUT2D eigenvalue weighted by molar-refractivity contribution is 14.0. The molecule has 2 N–H and O–H groups in total. The predicted molar refractivity (Wildman–Crippen MR) is 133 cm³/mol. The van der Waals surface area contributed by atoms with Crippen LogP contribution in [-0.4, -0.2) is 74.7 Å². The first-order chi connectivity index (χ1) is 13.0. The number of aliphatic imine (C=N–C) groups is 1. The molecule has 0 radical (unpaired) electrons. The molecule has 3 rings (SSSR count). The van der Waals surface area contributed by atoms with E-state index in [4.69, 9.17) is 4.99 Å². The minimum atomic E-state index is 0. The summed E-state index contributed by atoms with van der Waals surface area (Å²) in [6, 6.07) is 9.10. The van der Waals surface area contributed by atoms with Crippen molar-refractivity contribution in [3.05, 3.63) is 34.3 Å². The van der Waals surface area contributed by atoms with Gasteiger partial charge in [0.05, 0.1) is 6.54 Å². The van der Waals surface area contributed by atoms with Crippen molar-refractivity contribution in [2.24, 2.45) is 4.99 Å². The van der Waals surface area contributed by atoms with Crippen LogP contribution in [0.1, 0.15) is 32.3 Å². The number of nitrogens with one attached hydrogen (secondary N) is 2. The summed E-state index contributed by atoms with van der Waals surface area (Å²) in [6.07, 6.45) is 2.44. The third-order valence-corrected chi connectivity index (χ3v) is 6.60. The smallest absolute Gasteiger partial charge is 0.191 e.